The van der Waals surface area contributed by atoms with Crippen LogP contribution in [-0.2, 0) is 27.5 Å². The molecule has 0 aromatic heterocycles. The Morgan fingerprint density at radius 1 is 0.976 bits per heavy atom. The van der Waals surface area contributed by atoms with Gasteiger partial charge >= 0.3 is 6.09 Å². The molecule has 0 bridgehead atoms. The van der Waals surface area contributed by atoms with Crippen molar-refractivity contribution >= 4 is 17.9 Å². The maximum Gasteiger partial charge on any atom is 0.408 e. The van der Waals surface area contributed by atoms with Crippen LogP contribution in [0, 0.1) is 5.92 Å². The summed E-state index contributed by atoms with van der Waals surface area (Å²) < 4.78 is 5.51. The Balaban J connectivity index is 1.57. The molecule has 0 spiro atoms. The molecule has 2 fully saturated rings. The number of carbonyl (C=O) groups excluding carboxylic acids is 3. The van der Waals surface area contributed by atoms with E-state index >= 15 is 0 Å². The van der Waals surface area contributed by atoms with Crippen LogP contribution >= 0.6 is 0 Å². The van der Waals surface area contributed by atoms with Gasteiger partial charge in [0, 0.05) is 31.2 Å². The number of rotatable bonds is 11. The van der Waals surface area contributed by atoms with Gasteiger partial charge in [-0.3, -0.25) is 14.5 Å². The van der Waals surface area contributed by atoms with Gasteiger partial charge in [-0.05, 0) is 63.5 Å². The monoisotopic (exact) mass is 576 g/mol. The Hall–Kier alpha value is -3.39. The van der Waals surface area contributed by atoms with Crippen LogP contribution in [-0.4, -0.2) is 64.0 Å². The van der Waals surface area contributed by atoms with Crippen LogP contribution in [0.25, 0.3) is 0 Å². The summed E-state index contributed by atoms with van der Waals surface area (Å²) in [7, 11) is 0. The second-order valence-corrected chi connectivity index (χ2v) is 13.0. The number of nitrogens with one attached hydrogen (secondary N) is 2. The van der Waals surface area contributed by atoms with Gasteiger partial charge in [0.2, 0.25) is 11.8 Å². The van der Waals surface area contributed by atoms with Crippen LogP contribution in [0.4, 0.5) is 4.79 Å². The molecule has 1 aliphatic carbocycles. The van der Waals surface area contributed by atoms with E-state index in [-0.39, 0.29) is 30.4 Å². The van der Waals surface area contributed by atoms with E-state index in [0.717, 1.165) is 24.9 Å². The van der Waals surface area contributed by atoms with Gasteiger partial charge in [0.1, 0.15) is 18.2 Å². The molecule has 1 aliphatic heterocycles. The van der Waals surface area contributed by atoms with E-state index in [4.69, 9.17) is 4.74 Å². The molecule has 8 heteroatoms. The third-order valence-electron chi connectivity index (χ3n) is 8.42. The molecule has 8 nitrogen and oxygen atoms in total. The molecule has 3 amide bonds. The van der Waals surface area contributed by atoms with Crippen molar-refractivity contribution in [3.05, 3.63) is 71.8 Å². The predicted octanol–water partition coefficient (Wildman–Crippen LogP) is 5.27. The molecule has 42 heavy (non-hydrogen) atoms. The molecule has 4 rings (SSSR count). The van der Waals surface area contributed by atoms with Crippen LogP contribution < -0.4 is 10.6 Å². The first kappa shape index (κ1) is 31.5. The normalized spacial score (nSPS) is 18.4. The van der Waals surface area contributed by atoms with Gasteiger partial charge in [-0.1, -0.05) is 80.9 Å². The summed E-state index contributed by atoms with van der Waals surface area (Å²) in [6.45, 7) is 12.2. The summed E-state index contributed by atoms with van der Waals surface area (Å²) in [5, 5.41) is 6.10. The zero-order valence-corrected chi connectivity index (χ0v) is 25.9. The number of benzene rings is 2. The van der Waals surface area contributed by atoms with Crippen molar-refractivity contribution in [2.24, 2.45) is 5.92 Å². The van der Waals surface area contributed by atoms with Gasteiger partial charge in [0.05, 0.1) is 0 Å². The number of hydrogen-bond donors (Lipinski definition) is 2. The largest absolute Gasteiger partial charge is 0.445 e. The number of amides is 3. The number of carbonyl (C=O) groups is 3. The lowest BCUT2D eigenvalue weighted by Gasteiger charge is -2.49. The van der Waals surface area contributed by atoms with Gasteiger partial charge in [-0.2, -0.15) is 0 Å². The van der Waals surface area contributed by atoms with Crippen molar-refractivity contribution in [1.82, 2.24) is 20.4 Å². The smallest absolute Gasteiger partial charge is 0.408 e. The number of ether oxygens (including phenoxy) is 1. The molecule has 0 unspecified atom stereocenters. The van der Waals surface area contributed by atoms with E-state index in [1.165, 1.54) is 5.56 Å². The van der Waals surface area contributed by atoms with Crippen LogP contribution in [0.3, 0.4) is 0 Å². The van der Waals surface area contributed by atoms with Gasteiger partial charge in [0.15, 0.2) is 0 Å². The van der Waals surface area contributed by atoms with E-state index < -0.39 is 23.2 Å². The average Bonchev–Trinajstić information content (AvgIpc) is 3.80. The maximum atomic E-state index is 14.5. The Kier molecular flexibility index (Phi) is 10.3. The summed E-state index contributed by atoms with van der Waals surface area (Å²) in [5.41, 5.74) is 0.673. The third kappa shape index (κ3) is 8.12. The summed E-state index contributed by atoms with van der Waals surface area (Å²) in [5.74, 6) is -0.433. The second-order valence-electron chi connectivity index (χ2n) is 13.0. The molecule has 0 radical (unpaired) electrons. The van der Waals surface area contributed by atoms with Gasteiger partial charge in [0.25, 0.3) is 0 Å². The SMILES string of the molecule is CC[C@H](C)[C@H](NC(=O)OCc1ccccc1)C(=O)N(C1CC1)C1(C(=O)NC(C)(C)C)CCN(Cc2ccccc2)CC1. The van der Waals surface area contributed by atoms with Crippen molar-refractivity contribution in [3.8, 4) is 0 Å². The zero-order chi connectivity index (χ0) is 30.3. The van der Waals surface area contributed by atoms with Crippen LogP contribution in [0.2, 0.25) is 0 Å². The number of nitrogens with zero attached hydrogens (tertiary/aromatic N) is 2. The first-order valence-corrected chi connectivity index (χ1v) is 15.4. The van der Waals surface area contributed by atoms with Gasteiger partial charge in [-0.25, -0.2) is 4.79 Å². The number of piperidine rings is 1. The molecule has 1 saturated heterocycles. The van der Waals surface area contributed by atoms with Crippen molar-refractivity contribution in [2.45, 2.75) is 103 Å². The lowest BCUT2D eigenvalue weighted by atomic mass is 9.82. The van der Waals surface area contributed by atoms with Crippen molar-refractivity contribution < 1.29 is 19.1 Å². The minimum absolute atomic E-state index is 0.0161. The lowest BCUT2D eigenvalue weighted by Crippen LogP contribution is -2.69. The van der Waals surface area contributed by atoms with E-state index in [2.05, 4.69) is 27.7 Å². The molecule has 2 atom stereocenters. The zero-order valence-electron chi connectivity index (χ0n) is 25.9. The van der Waals surface area contributed by atoms with Crippen LogP contribution in [0.5, 0.6) is 0 Å². The Morgan fingerprint density at radius 3 is 2.07 bits per heavy atom. The second kappa shape index (κ2) is 13.7. The Labute approximate surface area is 251 Å². The number of likely N-dealkylation sites (tertiary alicyclic amines) is 1. The Bertz CT molecular complexity index is 1190. The van der Waals surface area contributed by atoms with E-state index in [1.807, 2.05) is 88.0 Å². The summed E-state index contributed by atoms with van der Waals surface area (Å²) >= 11 is 0. The molecule has 228 valence electrons. The molecular weight excluding hydrogens is 528 g/mol. The quantitative estimate of drug-likeness (QED) is 0.381. The number of alkyl carbamates (subject to hydrolysis) is 1. The van der Waals surface area contributed by atoms with E-state index in [0.29, 0.717) is 32.4 Å². The fraction of sp³-hybridized carbons (Fsp3) is 0.559. The molecule has 2 aromatic carbocycles. The summed E-state index contributed by atoms with van der Waals surface area (Å²) in [4.78, 5) is 45.9. The maximum absolute atomic E-state index is 14.5. The van der Waals surface area contributed by atoms with Gasteiger partial charge < -0.3 is 20.3 Å². The van der Waals surface area contributed by atoms with Crippen LogP contribution in [0.1, 0.15) is 77.8 Å². The Morgan fingerprint density at radius 2 is 1.55 bits per heavy atom. The van der Waals surface area contributed by atoms with Crippen molar-refractivity contribution in [2.75, 3.05) is 13.1 Å². The highest BCUT2D eigenvalue weighted by Gasteiger charge is 2.55. The third-order valence-corrected chi connectivity index (χ3v) is 8.42. The minimum Gasteiger partial charge on any atom is -0.445 e. The fourth-order valence-corrected chi connectivity index (χ4v) is 5.75. The minimum atomic E-state index is -0.986. The fourth-order valence-electron chi connectivity index (χ4n) is 5.75. The van der Waals surface area contributed by atoms with E-state index in [1.54, 1.807) is 0 Å². The average molecular weight is 577 g/mol. The highest BCUT2D eigenvalue weighted by molar-refractivity contribution is 5.95. The molecule has 1 heterocycles. The van der Waals surface area contributed by atoms with Crippen LogP contribution in [0.15, 0.2) is 60.7 Å². The van der Waals surface area contributed by atoms with E-state index in [9.17, 15) is 14.4 Å². The molecule has 2 aromatic rings. The summed E-state index contributed by atoms with van der Waals surface area (Å²) in [6.07, 6.45) is 2.86. The molecular formula is C34H48N4O4. The lowest BCUT2D eigenvalue weighted by molar-refractivity contribution is -0.155. The first-order chi connectivity index (χ1) is 20.0. The topological polar surface area (TPSA) is 91.0 Å². The highest BCUT2D eigenvalue weighted by Crippen LogP contribution is 2.40. The summed E-state index contributed by atoms with van der Waals surface area (Å²) in [6, 6.07) is 19.0. The van der Waals surface area contributed by atoms with Crippen molar-refractivity contribution in [3.63, 3.8) is 0 Å². The molecule has 2 aliphatic rings. The van der Waals surface area contributed by atoms with Crippen molar-refractivity contribution in [1.29, 1.82) is 0 Å². The predicted molar refractivity (Wildman–Crippen MR) is 164 cm³/mol. The van der Waals surface area contributed by atoms with Gasteiger partial charge in [-0.15, -0.1) is 0 Å². The first-order valence-electron chi connectivity index (χ1n) is 15.4. The standard InChI is InChI=1S/C34H48N4O4/c1-6-25(2)29(35-32(41)42-24-27-15-11-8-12-16-27)30(39)38(28-17-18-28)34(31(40)36-33(3,4)5)19-21-37(22-20-34)23-26-13-9-7-10-14-26/h7-16,25,28-29H,6,17-24H2,1-5H3,(H,35,41)(H,36,40)/t25-,29-/m0/s1. The molecule has 2 N–H and O–H groups in total. The highest BCUT2D eigenvalue weighted by atomic mass is 16.5. The molecule has 1 saturated carbocycles. The number of hydrogen-bond acceptors (Lipinski definition) is 5.